The highest BCUT2D eigenvalue weighted by Gasteiger charge is 2.51. The number of nitrogens with one attached hydrogen (secondary N) is 2. The van der Waals surface area contributed by atoms with Gasteiger partial charge in [0.25, 0.3) is 5.91 Å². The maximum Gasteiger partial charge on any atom is 0.329 e. The molecule has 1 atom stereocenters. The van der Waals surface area contributed by atoms with Crippen molar-refractivity contribution in [2.24, 2.45) is 17.8 Å². The van der Waals surface area contributed by atoms with Crippen LogP contribution < -0.4 is 10.6 Å². The molecule has 0 aromatic heterocycles. The zero-order valence-electron chi connectivity index (χ0n) is 13.3. The molecule has 1 aliphatic heterocycles. The molecule has 1 heterocycles. The summed E-state index contributed by atoms with van der Waals surface area (Å²) < 4.78 is 5.08. The average Bonchev–Trinajstić information content (AvgIpc) is 2.89. The summed E-state index contributed by atoms with van der Waals surface area (Å²) in [6, 6.07) is -0.588. The number of carbonyl (C=O) groups excluding carboxylic acids is 3. The second-order valence-electron chi connectivity index (χ2n) is 8.01. The van der Waals surface area contributed by atoms with Gasteiger partial charge in [-0.25, -0.2) is 4.79 Å². The Labute approximate surface area is 135 Å². The van der Waals surface area contributed by atoms with Crippen molar-refractivity contribution in [1.29, 1.82) is 0 Å². The predicted molar refractivity (Wildman–Crippen MR) is 81.2 cm³/mol. The van der Waals surface area contributed by atoms with E-state index in [1.165, 1.54) is 19.3 Å². The molecule has 4 saturated carbocycles. The van der Waals surface area contributed by atoms with E-state index in [-0.39, 0.29) is 24.0 Å². The number of carbonyl (C=O) groups is 3. The van der Waals surface area contributed by atoms with Gasteiger partial charge in [-0.3, -0.25) is 9.59 Å². The summed E-state index contributed by atoms with van der Waals surface area (Å²) in [4.78, 5) is 35.2. The number of rotatable bonds is 4. The number of amides is 2. The molecule has 23 heavy (non-hydrogen) atoms. The fraction of sp³-hybridized carbons (Fsp3) is 0.824. The van der Waals surface area contributed by atoms with E-state index in [2.05, 4.69) is 10.6 Å². The normalized spacial score (nSPS) is 40.8. The molecule has 4 bridgehead atoms. The molecule has 6 nitrogen and oxygen atoms in total. The van der Waals surface area contributed by atoms with E-state index < -0.39 is 12.0 Å². The SMILES string of the molecule is O=C1CC[C@@H](C(=O)OCC(=O)NC23CC4CC(CC(C4)C2)C3)N1. The first-order valence-corrected chi connectivity index (χ1v) is 8.78. The lowest BCUT2D eigenvalue weighted by Gasteiger charge is -2.56. The number of hydrogen-bond acceptors (Lipinski definition) is 4. The first kappa shape index (κ1) is 15.0. The Balaban J connectivity index is 1.29. The molecule has 4 aliphatic carbocycles. The van der Waals surface area contributed by atoms with E-state index in [4.69, 9.17) is 4.74 Å². The van der Waals surface area contributed by atoms with E-state index in [0.717, 1.165) is 37.0 Å². The Hall–Kier alpha value is -1.59. The molecule has 0 aromatic rings. The third-order valence-electron chi connectivity index (χ3n) is 6.07. The van der Waals surface area contributed by atoms with Crippen molar-refractivity contribution in [1.82, 2.24) is 10.6 Å². The van der Waals surface area contributed by atoms with Gasteiger partial charge in [0.1, 0.15) is 6.04 Å². The molecule has 2 amide bonds. The summed E-state index contributed by atoms with van der Waals surface area (Å²) in [6.45, 7) is -0.243. The van der Waals surface area contributed by atoms with Crippen LogP contribution in [0, 0.1) is 17.8 Å². The van der Waals surface area contributed by atoms with Crippen LogP contribution in [0.1, 0.15) is 51.4 Å². The zero-order valence-corrected chi connectivity index (χ0v) is 13.3. The minimum atomic E-state index is -0.588. The van der Waals surface area contributed by atoms with Gasteiger partial charge in [-0.05, 0) is 62.7 Å². The van der Waals surface area contributed by atoms with Gasteiger partial charge in [0.15, 0.2) is 6.61 Å². The van der Waals surface area contributed by atoms with E-state index >= 15 is 0 Å². The van der Waals surface area contributed by atoms with Crippen LogP contribution in [0.4, 0.5) is 0 Å². The van der Waals surface area contributed by atoms with Gasteiger partial charge >= 0.3 is 5.97 Å². The average molecular weight is 320 g/mol. The fourth-order valence-corrected chi connectivity index (χ4v) is 5.62. The summed E-state index contributed by atoms with van der Waals surface area (Å²) in [5, 5.41) is 5.73. The summed E-state index contributed by atoms with van der Waals surface area (Å²) in [6.07, 6.45) is 8.02. The summed E-state index contributed by atoms with van der Waals surface area (Å²) >= 11 is 0. The van der Waals surface area contributed by atoms with Crippen molar-refractivity contribution in [3.63, 3.8) is 0 Å². The van der Waals surface area contributed by atoms with Crippen molar-refractivity contribution < 1.29 is 19.1 Å². The maximum absolute atomic E-state index is 12.2. The molecular formula is C17H24N2O4. The standard InChI is InChI=1S/C17H24N2O4/c20-14-2-1-13(18-14)16(22)23-9-15(21)19-17-6-10-3-11(7-17)5-12(4-10)8-17/h10-13H,1-9H2,(H,18,20)(H,19,21)/t10?,11?,12?,13-,17?/m0/s1. The van der Waals surface area contributed by atoms with Crippen molar-refractivity contribution in [3.05, 3.63) is 0 Å². The van der Waals surface area contributed by atoms with Gasteiger partial charge in [-0.15, -0.1) is 0 Å². The Kier molecular flexibility index (Phi) is 3.58. The molecule has 126 valence electrons. The minimum Gasteiger partial charge on any atom is -0.454 e. The molecule has 6 heteroatoms. The molecule has 5 rings (SSSR count). The smallest absolute Gasteiger partial charge is 0.329 e. The quantitative estimate of drug-likeness (QED) is 0.754. The van der Waals surface area contributed by atoms with Gasteiger partial charge < -0.3 is 15.4 Å². The van der Waals surface area contributed by atoms with E-state index in [0.29, 0.717) is 12.8 Å². The lowest BCUT2D eigenvalue weighted by Crippen LogP contribution is -2.60. The van der Waals surface area contributed by atoms with Crippen LogP contribution in [0.2, 0.25) is 0 Å². The van der Waals surface area contributed by atoms with Gasteiger partial charge in [-0.2, -0.15) is 0 Å². The molecule has 0 unspecified atom stereocenters. The highest BCUT2D eigenvalue weighted by Crippen LogP contribution is 2.55. The first-order chi connectivity index (χ1) is 11.0. The summed E-state index contributed by atoms with van der Waals surface area (Å²) in [7, 11) is 0. The molecule has 0 radical (unpaired) electrons. The van der Waals surface area contributed by atoms with Gasteiger partial charge in [0.05, 0.1) is 0 Å². The zero-order chi connectivity index (χ0) is 16.0. The monoisotopic (exact) mass is 320 g/mol. The highest BCUT2D eigenvalue weighted by molar-refractivity contribution is 5.89. The number of ether oxygens (including phenoxy) is 1. The van der Waals surface area contributed by atoms with E-state index in [1.54, 1.807) is 0 Å². The topological polar surface area (TPSA) is 84.5 Å². The molecule has 0 spiro atoms. The molecule has 5 fully saturated rings. The second-order valence-corrected chi connectivity index (χ2v) is 8.01. The number of esters is 1. The molecule has 0 aromatic carbocycles. The largest absolute Gasteiger partial charge is 0.454 e. The van der Waals surface area contributed by atoms with Gasteiger partial charge in [0, 0.05) is 12.0 Å². The van der Waals surface area contributed by atoms with Crippen LogP contribution in [-0.4, -0.2) is 36.0 Å². The van der Waals surface area contributed by atoms with Crippen LogP contribution in [0.15, 0.2) is 0 Å². The van der Waals surface area contributed by atoms with Crippen LogP contribution in [0.3, 0.4) is 0 Å². The number of hydrogen-bond donors (Lipinski definition) is 2. The van der Waals surface area contributed by atoms with E-state index in [1.807, 2.05) is 0 Å². The summed E-state index contributed by atoms with van der Waals surface area (Å²) in [5.41, 5.74) is -0.0557. The second kappa shape index (κ2) is 5.49. The Morgan fingerprint density at radius 1 is 1.13 bits per heavy atom. The molecular weight excluding hydrogens is 296 g/mol. The van der Waals surface area contributed by atoms with Crippen LogP contribution in [-0.2, 0) is 19.1 Å². The third kappa shape index (κ3) is 2.95. The minimum absolute atomic E-state index is 0.0557. The lowest BCUT2D eigenvalue weighted by molar-refractivity contribution is -0.152. The Morgan fingerprint density at radius 2 is 1.74 bits per heavy atom. The van der Waals surface area contributed by atoms with Crippen molar-refractivity contribution in [3.8, 4) is 0 Å². The van der Waals surface area contributed by atoms with Crippen LogP contribution in [0.25, 0.3) is 0 Å². The Morgan fingerprint density at radius 3 is 2.26 bits per heavy atom. The summed E-state index contributed by atoms with van der Waals surface area (Å²) in [5.74, 6) is 1.44. The lowest BCUT2D eigenvalue weighted by atomic mass is 9.53. The van der Waals surface area contributed by atoms with Crippen molar-refractivity contribution in [2.45, 2.75) is 62.9 Å². The fourth-order valence-electron chi connectivity index (χ4n) is 5.62. The third-order valence-corrected chi connectivity index (χ3v) is 6.07. The van der Waals surface area contributed by atoms with Crippen LogP contribution >= 0.6 is 0 Å². The van der Waals surface area contributed by atoms with Crippen LogP contribution in [0.5, 0.6) is 0 Å². The highest BCUT2D eigenvalue weighted by atomic mass is 16.5. The molecule has 2 N–H and O–H groups in total. The van der Waals surface area contributed by atoms with Gasteiger partial charge in [0.2, 0.25) is 5.91 Å². The molecule has 5 aliphatic rings. The van der Waals surface area contributed by atoms with E-state index in [9.17, 15) is 14.4 Å². The molecule has 1 saturated heterocycles. The van der Waals surface area contributed by atoms with Crippen molar-refractivity contribution in [2.75, 3.05) is 6.61 Å². The van der Waals surface area contributed by atoms with Crippen molar-refractivity contribution >= 4 is 17.8 Å². The van der Waals surface area contributed by atoms with Gasteiger partial charge in [-0.1, -0.05) is 0 Å². The Bertz CT molecular complexity index is 509. The maximum atomic E-state index is 12.2. The predicted octanol–water partition coefficient (Wildman–Crippen LogP) is 0.893. The first-order valence-electron chi connectivity index (χ1n) is 8.78.